The predicted octanol–water partition coefficient (Wildman–Crippen LogP) is 12.0. The minimum absolute atomic E-state index is 0.642. The summed E-state index contributed by atoms with van der Waals surface area (Å²) in [5.74, 6) is 0. The van der Waals surface area contributed by atoms with Gasteiger partial charge in [-0.25, -0.2) is 0 Å². The monoisotopic (exact) mass is 519 g/mol. The summed E-state index contributed by atoms with van der Waals surface area (Å²) in [6, 6.07) is 0. The van der Waals surface area contributed by atoms with Crippen molar-refractivity contribution in [1.29, 1.82) is 0 Å². The Balaban J connectivity index is 2.26. The summed E-state index contributed by atoms with van der Waals surface area (Å²) >= 11 is 0. The molecule has 1 unspecified atom stereocenters. The fourth-order valence-corrected chi connectivity index (χ4v) is 6.01. The lowest BCUT2D eigenvalue weighted by molar-refractivity contribution is 0.135. The first-order valence-electron chi connectivity index (χ1n) is 17.5. The van der Waals surface area contributed by atoms with Crippen LogP contribution in [-0.2, 0) is 0 Å². The molecule has 0 saturated heterocycles. The van der Waals surface area contributed by atoms with E-state index in [1.807, 2.05) is 0 Å². The van der Waals surface area contributed by atoms with Crippen LogP contribution in [-0.4, -0.2) is 29.1 Å². The molecule has 0 N–H and O–H groups in total. The second kappa shape index (κ2) is 26.9. The molecule has 1 atom stereocenters. The average Bonchev–Trinajstić information content (AvgIpc) is 3.29. The molecule has 0 radical (unpaired) electrons. The molecule has 1 aliphatic rings. The zero-order valence-corrected chi connectivity index (χ0v) is 26.1. The summed E-state index contributed by atoms with van der Waals surface area (Å²) in [5, 5.41) is 0. The molecule has 0 aromatic heterocycles. The van der Waals surface area contributed by atoms with Crippen LogP contribution >= 0.6 is 0 Å². The summed E-state index contributed by atoms with van der Waals surface area (Å²) in [6.45, 7) is 9.47. The quantitative estimate of drug-likeness (QED) is 0.0908. The van der Waals surface area contributed by atoms with E-state index in [4.69, 9.17) is 0 Å². The third-order valence-corrected chi connectivity index (χ3v) is 8.57. The van der Waals surface area contributed by atoms with Crippen molar-refractivity contribution < 1.29 is 0 Å². The van der Waals surface area contributed by atoms with Gasteiger partial charge < -0.3 is 9.80 Å². The van der Waals surface area contributed by atoms with Crippen molar-refractivity contribution in [2.24, 2.45) is 0 Å². The van der Waals surface area contributed by atoms with Gasteiger partial charge in [0.2, 0.25) is 0 Å². The summed E-state index contributed by atoms with van der Waals surface area (Å²) in [5.41, 5.74) is 0. The Morgan fingerprint density at radius 1 is 0.351 bits per heavy atom. The number of nitrogens with zero attached hydrogens (tertiary/aromatic N) is 2. The lowest BCUT2D eigenvalue weighted by atomic mass is 10.0. The molecule has 1 heterocycles. The number of unbranched alkanes of at least 4 members (excludes halogenated alkanes) is 23. The fraction of sp³-hybridized carbons (Fsp3) is 0.943. The van der Waals surface area contributed by atoms with E-state index >= 15 is 0 Å². The highest BCUT2D eigenvalue weighted by Gasteiger charge is 2.24. The number of hydrogen-bond donors (Lipinski definition) is 0. The summed E-state index contributed by atoms with van der Waals surface area (Å²) < 4.78 is 0. The molecule has 0 aromatic rings. The molecule has 0 bridgehead atoms. The first-order chi connectivity index (χ1) is 18.3. The predicted molar refractivity (Wildman–Crippen MR) is 168 cm³/mol. The molecule has 1 rings (SSSR count). The maximum absolute atomic E-state index is 2.71. The van der Waals surface area contributed by atoms with E-state index in [1.54, 1.807) is 0 Å². The van der Waals surface area contributed by atoms with Crippen molar-refractivity contribution in [1.82, 2.24) is 9.80 Å². The number of hydrogen-bond acceptors (Lipinski definition) is 2. The van der Waals surface area contributed by atoms with E-state index in [1.165, 1.54) is 186 Å². The molecule has 0 aliphatic carbocycles. The topological polar surface area (TPSA) is 6.48 Å². The van der Waals surface area contributed by atoms with E-state index in [2.05, 4.69) is 43.0 Å². The summed E-state index contributed by atoms with van der Waals surface area (Å²) in [7, 11) is 0. The molecule has 0 aromatic carbocycles. The van der Waals surface area contributed by atoms with E-state index in [0.29, 0.717) is 6.17 Å². The molecule has 0 fully saturated rings. The van der Waals surface area contributed by atoms with Gasteiger partial charge in [-0.05, 0) is 25.7 Å². The van der Waals surface area contributed by atoms with Crippen molar-refractivity contribution in [3.63, 3.8) is 0 Å². The minimum atomic E-state index is 0.642. The first-order valence-corrected chi connectivity index (χ1v) is 17.5. The third-order valence-electron chi connectivity index (χ3n) is 8.57. The third kappa shape index (κ3) is 20.0. The zero-order chi connectivity index (χ0) is 26.7. The van der Waals surface area contributed by atoms with Crippen LogP contribution in [0.5, 0.6) is 0 Å². The Bertz CT molecular complexity index is 474. The number of rotatable bonds is 29. The van der Waals surface area contributed by atoms with Gasteiger partial charge in [-0.3, -0.25) is 0 Å². The van der Waals surface area contributed by atoms with Gasteiger partial charge in [-0.15, -0.1) is 0 Å². The van der Waals surface area contributed by atoms with E-state index in [0.717, 1.165) is 0 Å². The van der Waals surface area contributed by atoms with Crippen molar-refractivity contribution in [3.8, 4) is 0 Å². The maximum Gasteiger partial charge on any atom is 0.101 e. The van der Waals surface area contributed by atoms with Gasteiger partial charge in [0.05, 0.1) is 0 Å². The van der Waals surface area contributed by atoms with Gasteiger partial charge >= 0.3 is 0 Å². The molecule has 2 heteroatoms. The molecule has 0 amide bonds. The second-order valence-corrected chi connectivity index (χ2v) is 12.2. The highest BCUT2D eigenvalue weighted by molar-refractivity contribution is 4.97. The molecular formula is C35H70N2. The van der Waals surface area contributed by atoms with Crippen LogP contribution in [0, 0.1) is 0 Å². The lowest BCUT2D eigenvalue weighted by Gasteiger charge is -2.33. The van der Waals surface area contributed by atoms with Crippen LogP contribution in [0.1, 0.15) is 194 Å². The largest absolute Gasteiger partial charge is 0.356 e. The average molecular weight is 519 g/mol. The van der Waals surface area contributed by atoms with Crippen molar-refractivity contribution in [2.45, 2.75) is 200 Å². The van der Waals surface area contributed by atoms with Gasteiger partial charge in [0, 0.05) is 25.5 Å². The molecule has 220 valence electrons. The molecular weight excluding hydrogens is 448 g/mol. The lowest BCUT2D eigenvalue weighted by Crippen LogP contribution is -2.39. The molecule has 1 aliphatic heterocycles. The van der Waals surface area contributed by atoms with Crippen LogP contribution in [0.2, 0.25) is 0 Å². The Morgan fingerprint density at radius 3 is 0.946 bits per heavy atom. The SMILES string of the molecule is CCCCCCCCCCCC1N(CCCCCCCCCC)C=CN1CCCCCCCCCCC. The van der Waals surface area contributed by atoms with E-state index in [-0.39, 0.29) is 0 Å². The van der Waals surface area contributed by atoms with Gasteiger partial charge in [0.25, 0.3) is 0 Å². The Hall–Kier alpha value is -0.660. The summed E-state index contributed by atoms with van der Waals surface area (Å²) in [4.78, 5) is 5.41. The molecule has 2 nitrogen and oxygen atoms in total. The standard InChI is InChI=1S/C35H70N2/c1-4-7-10-13-16-19-21-24-27-30-35-36(31-28-25-22-18-15-12-9-6-3)33-34-37(35)32-29-26-23-20-17-14-11-8-5-2/h33-35H,4-32H2,1-3H3. The van der Waals surface area contributed by atoms with Crippen molar-refractivity contribution in [2.75, 3.05) is 13.1 Å². The molecule has 0 spiro atoms. The Morgan fingerprint density at radius 2 is 0.622 bits per heavy atom. The highest BCUT2D eigenvalue weighted by atomic mass is 15.4. The van der Waals surface area contributed by atoms with Crippen LogP contribution in [0.25, 0.3) is 0 Å². The highest BCUT2D eigenvalue weighted by Crippen LogP contribution is 2.24. The smallest absolute Gasteiger partial charge is 0.101 e. The Labute approximate surface area is 235 Å². The first kappa shape index (κ1) is 34.4. The van der Waals surface area contributed by atoms with Crippen LogP contribution in [0.3, 0.4) is 0 Å². The second-order valence-electron chi connectivity index (χ2n) is 12.2. The van der Waals surface area contributed by atoms with Crippen molar-refractivity contribution in [3.05, 3.63) is 12.4 Å². The van der Waals surface area contributed by atoms with Crippen LogP contribution in [0.4, 0.5) is 0 Å². The minimum Gasteiger partial charge on any atom is -0.356 e. The van der Waals surface area contributed by atoms with Gasteiger partial charge in [-0.1, -0.05) is 168 Å². The van der Waals surface area contributed by atoms with Gasteiger partial charge in [0.1, 0.15) is 6.17 Å². The fourth-order valence-electron chi connectivity index (χ4n) is 6.01. The van der Waals surface area contributed by atoms with Crippen LogP contribution in [0.15, 0.2) is 12.4 Å². The molecule has 37 heavy (non-hydrogen) atoms. The maximum atomic E-state index is 2.71. The molecule has 0 saturated carbocycles. The normalized spacial score (nSPS) is 15.4. The van der Waals surface area contributed by atoms with Gasteiger partial charge in [0.15, 0.2) is 0 Å². The van der Waals surface area contributed by atoms with E-state index in [9.17, 15) is 0 Å². The zero-order valence-electron chi connectivity index (χ0n) is 26.1. The van der Waals surface area contributed by atoms with Gasteiger partial charge in [-0.2, -0.15) is 0 Å². The van der Waals surface area contributed by atoms with Crippen LogP contribution < -0.4 is 0 Å². The van der Waals surface area contributed by atoms with E-state index < -0.39 is 0 Å². The summed E-state index contributed by atoms with van der Waals surface area (Å²) in [6.07, 6.45) is 44.0. The Kier molecular flexibility index (Phi) is 25.0. The van der Waals surface area contributed by atoms with Crippen molar-refractivity contribution >= 4 is 0 Å².